The van der Waals surface area contributed by atoms with Crippen molar-refractivity contribution in [1.82, 2.24) is 9.97 Å². The van der Waals surface area contributed by atoms with Crippen LogP contribution < -0.4 is 0 Å². The van der Waals surface area contributed by atoms with Crippen molar-refractivity contribution < 1.29 is 0 Å². The topological polar surface area (TPSA) is 25.8 Å². The van der Waals surface area contributed by atoms with Crippen LogP contribution in [0.1, 0.15) is 5.69 Å². The minimum atomic E-state index is -0.483. The van der Waals surface area contributed by atoms with Gasteiger partial charge in [-0.05, 0) is 15.9 Å². The van der Waals surface area contributed by atoms with Crippen molar-refractivity contribution in [2.45, 2.75) is 13.1 Å². The van der Waals surface area contributed by atoms with E-state index in [9.17, 15) is 0 Å². The molecule has 1 rings (SSSR count). The second-order valence-electron chi connectivity index (χ2n) is 2.47. The molecule has 0 bridgehead atoms. The van der Waals surface area contributed by atoms with Gasteiger partial charge in [-0.3, -0.25) is 0 Å². The Morgan fingerprint density at radius 2 is 2.08 bits per heavy atom. The van der Waals surface area contributed by atoms with Crippen molar-refractivity contribution >= 4 is 24.7 Å². The average molecular weight is 240 g/mol. The van der Waals surface area contributed by atoms with Gasteiger partial charge < -0.3 is 0 Å². The molecule has 0 saturated carbocycles. The molecule has 2 nitrogen and oxygen atoms in total. The second-order valence-corrected chi connectivity index (χ2v) is 5.54. The van der Waals surface area contributed by atoms with Crippen LogP contribution in [0, 0.1) is 11.5 Å². The summed E-state index contributed by atoms with van der Waals surface area (Å²) in [5, 5.41) is 0. The van der Waals surface area contributed by atoms with Crippen molar-refractivity contribution in [3.8, 4) is 11.5 Å². The van der Waals surface area contributed by atoms with E-state index >= 15 is 0 Å². The molecule has 4 heteroatoms. The molecule has 0 aliphatic rings. The third-order valence-electron chi connectivity index (χ3n) is 1.06. The lowest BCUT2D eigenvalue weighted by Crippen LogP contribution is -1.94. The van der Waals surface area contributed by atoms with Crippen LogP contribution in [-0.4, -0.2) is 18.8 Å². The Morgan fingerprint density at radius 3 is 2.58 bits per heavy atom. The molecule has 0 unspecified atom stereocenters. The van der Waals surface area contributed by atoms with Crippen LogP contribution in [0.5, 0.6) is 0 Å². The first-order valence-corrected chi connectivity index (χ1v) is 6.77. The number of hydrogen-bond donors (Lipinski definition) is 0. The predicted molar refractivity (Wildman–Crippen MR) is 54.1 cm³/mol. The van der Waals surface area contributed by atoms with Crippen molar-refractivity contribution in [2.75, 3.05) is 0 Å². The highest BCUT2D eigenvalue weighted by atomic mass is 79.9. The minimum Gasteiger partial charge on any atom is -0.245 e. The summed E-state index contributed by atoms with van der Waals surface area (Å²) >= 11 is 3.21. The first kappa shape index (κ1) is 9.43. The van der Waals surface area contributed by atoms with Crippen LogP contribution in [0.25, 0.3) is 0 Å². The van der Waals surface area contributed by atoms with E-state index in [1.165, 1.54) is 0 Å². The molecule has 1 aromatic heterocycles. The van der Waals surface area contributed by atoms with Crippen LogP contribution in [0.4, 0.5) is 0 Å². The molecule has 1 heterocycles. The number of nitrogens with zero attached hydrogens (tertiary/aromatic N) is 2. The molecule has 0 fully saturated rings. The number of halogens is 1. The Bertz CT molecular complexity index is 310. The summed E-state index contributed by atoms with van der Waals surface area (Å²) < 4.78 is 0.742. The molecule has 1 radical (unpaired) electrons. The molecule has 0 amide bonds. The first-order valence-electron chi connectivity index (χ1n) is 3.48. The van der Waals surface area contributed by atoms with E-state index in [2.05, 4.69) is 50.5 Å². The fourth-order valence-electron chi connectivity index (χ4n) is 0.566. The highest BCUT2D eigenvalue weighted by Gasteiger charge is 1.90. The fourth-order valence-corrected chi connectivity index (χ4v) is 1.15. The molecule has 61 valence electrons. The van der Waals surface area contributed by atoms with E-state index in [0.717, 1.165) is 10.3 Å². The summed E-state index contributed by atoms with van der Waals surface area (Å²) in [6, 6.07) is 0. The van der Waals surface area contributed by atoms with Gasteiger partial charge in [-0.1, -0.05) is 19.0 Å². The van der Waals surface area contributed by atoms with Crippen molar-refractivity contribution in [3.05, 3.63) is 22.7 Å². The second kappa shape index (κ2) is 4.38. The molecule has 1 aromatic rings. The number of hydrogen-bond acceptors (Lipinski definition) is 2. The van der Waals surface area contributed by atoms with E-state index < -0.39 is 8.80 Å². The Balaban J connectivity index is 2.79. The van der Waals surface area contributed by atoms with Gasteiger partial charge in [0.25, 0.3) is 0 Å². The predicted octanol–water partition coefficient (Wildman–Crippen LogP) is 1.88. The summed E-state index contributed by atoms with van der Waals surface area (Å²) in [6.45, 7) is 4.29. The molecule has 0 aliphatic heterocycles. The molecule has 0 spiro atoms. The molecule has 0 aromatic carbocycles. The summed E-state index contributed by atoms with van der Waals surface area (Å²) in [4.78, 5) is 8.10. The fraction of sp³-hybridized carbons (Fsp3) is 0.250. The normalized spacial score (nSPS) is 9.33. The smallest absolute Gasteiger partial charge is 0.138 e. The molecule has 0 aliphatic carbocycles. The zero-order chi connectivity index (χ0) is 8.97. The van der Waals surface area contributed by atoms with Crippen LogP contribution in [0.2, 0.25) is 13.1 Å². The van der Waals surface area contributed by atoms with Gasteiger partial charge >= 0.3 is 0 Å². The van der Waals surface area contributed by atoms with Crippen LogP contribution in [0.3, 0.4) is 0 Å². The maximum atomic E-state index is 4.08. The van der Waals surface area contributed by atoms with E-state index in [0.29, 0.717) is 0 Å². The van der Waals surface area contributed by atoms with Gasteiger partial charge in [-0.15, -0.1) is 5.54 Å². The number of rotatable bonds is 0. The molecule has 0 N–H and O–H groups in total. The summed E-state index contributed by atoms with van der Waals surface area (Å²) in [5.74, 6) is 2.97. The highest BCUT2D eigenvalue weighted by Crippen LogP contribution is 2.01. The van der Waals surface area contributed by atoms with Crippen LogP contribution in [0.15, 0.2) is 17.0 Å². The van der Waals surface area contributed by atoms with E-state index in [1.54, 1.807) is 12.4 Å². The Kier molecular flexibility index (Phi) is 3.44. The Hall–Kier alpha value is -0.663. The zero-order valence-electron chi connectivity index (χ0n) is 6.93. The summed E-state index contributed by atoms with van der Waals surface area (Å²) in [5.41, 5.74) is 3.86. The lowest BCUT2D eigenvalue weighted by atomic mass is 10.5. The van der Waals surface area contributed by atoms with E-state index in [4.69, 9.17) is 0 Å². The third-order valence-corrected chi connectivity index (χ3v) is 2.10. The SMILES string of the molecule is C[Si](C)C#Cc1cnc(Br)cn1. The largest absolute Gasteiger partial charge is 0.245 e. The van der Waals surface area contributed by atoms with E-state index in [1.807, 2.05) is 0 Å². The standard InChI is InChI=1S/C8H8BrN2Si/c1-12(2)4-3-7-5-11-8(9)6-10-7/h5-6H,1-2H3. The molecule has 12 heavy (non-hydrogen) atoms. The maximum Gasteiger partial charge on any atom is 0.138 e. The third kappa shape index (κ3) is 3.16. The van der Waals surface area contributed by atoms with Gasteiger partial charge in [0.1, 0.15) is 19.1 Å². The average Bonchev–Trinajstić information content (AvgIpc) is 2.03. The minimum absolute atomic E-state index is 0.483. The highest BCUT2D eigenvalue weighted by molar-refractivity contribution is 9.10. The zero-order valence-corrected chi connectivity index (χ0v) is 9.51. The lowest BCUT2D eigenvalue weighted by molar-refractivity contribution is 1.14. The van der Waals surface area contributed by atoms with Gasteiger partial charge in [0.2, 0.25) is 0 Å². The van der Waals surface area contributed by atoms with Crippen LogP contribution in [-0.2, 0) is 0 Å². The molecule has 0 atom stereocenters. The van der Waals surface area contributed by atoms with Crippen molar-refractivity contribution in [3.63, 3.8) is 0 Å². The Labute approximate surface area is 82.2 Å². The molecular weight excluding hydrogens is 232 g/mol. The monoisotopic (exact) mass is 239 g/mol. The van der Waals surface area contributed by atoms with Crippen molar-refractivity contribution in [1.29, 1.82) is 0 Å². The quantitative estimate of drug-likeness (QED) is 0.511. The van der Waals surface area contributed by atoms with Crippen LogP contribution >= 0.6 is 15.9 Å². The van der Waals surface area contributed by atoms with E-state index in [-0.39, 0.29) is 0 Å². The molecular formula is C8H8BrN2Si. The maximum absolute atomic E-state index is 4.08. The lowest BCUT2D eigenvalue weighted by Gasteiger charge is -1.89. The number of aromatic nitrogens is 2. The summed E-state index contributed by atoms with van der Waals surface area (Å²) in [6.07, 6.45) is 3.32. The van der Waals surface area contributed by atoms with Gasteiger partial charge in [0.15, 0.2) is 0 Å². The molecule has 0 saturated heterocycles. The van der Waals surface area contributed by atoms with Gasteiger partial charge in [-0.25, -0.2) is 9.97 Å². The summed E-state index contributed by atoms with van der Waals surface area (Å²) in [7, 11) is -0.483. The van der Waals surface area contributed by atoms with Gasteiger partial charge in [0, 0.05) is 0 Å². The van der Waals surface area contributed by atoms with Crippen molar-refractivity contribution in [2.24, 2.45) is 0 Å². The van der Waals surface area contributed by atoms with Gasteiger partial charge in [0.05, 0.1) is 12.4 Å². The Morgan fingerprint density at radius 1 is 1.33 bits per heavy atom. The first-order chi connectivity index (χ1) is 5.68. The van der Waals surface area contributed by atoms with Gasteiger partial charge in [-0.2, -0.15) is 0 Å².